The van der Waals surface area contributed by atoms with Gasteiger partial charge in [-0.3, -0.25) is 0 Å². The first-order valence-electron chi connectivity index (χ1n) is 3.12. The van der Waals surface area contributed by atoms with Crippen molar-refractivity contribution in [2.45, 2.75) is 6.10 Å². The molecule has 12 heavy (non-hydrogen) atoms. The highest BCUT2D eigenvalue weighted by atomic mass is 35.5. The van der Waals surface area contributed by atoms with E-state index in [0.717, 1.165) is 0 Å². The van der Waals surface area contributed by atoms with E-state index in [1.54, 1.807) is 0 Å². The lowest BCUT2D eigenvalue weighted by Crippen LogP contribution is -2.32. The average Bonchev–Trinajstić information content (AvgIpc) is 1.89. The van der Waals surface area contributed by atoms with Crippen LogP contribution in [-0.2, 0) is 4.84 Å². The molecule has 1 atom stereocenters. The molecule has 7 heteroatoms. The Labute approximate surface area is 84.1 Å². The minimum atomic E-state index is -0.600. The third-order valence-corrected chi connectivity index (χ3v) is 0.957. The van der Waals surface area contributed by atoms with E-state index in [9.17, 15) is 0 Å². The SMILES string of the molecule is Cl.Cl.NOCC(O)CNCCO. The number of rotatable bonds is 6. The lowest BCUT2D eigenvalue weighted by Gasteiger charge is -2.08. The molecular weight excluding hydrogens is 207 g/mol. The van der Waals surface area contributed by atoms with Crippen LogP contribution in [0.4, 0.5) is 0 Å². The molecule has 0 aliphatic carbocycles. The highest BCUT2D eigenvalue weighted by molar-refractivity contribution is 5.85. The molecule has 0 spiro atoms. The summed E-state index contributed by atoms with van der Waals surface area (Å²) in [7, 11) is 0. The molecule has 0 heterocycles. The van der Waals surface area contributed by atoms with Gasteiger partial charge in [-0.05, 0) is 0 Å². The maximum atomic E-state index is 8.93. The van der Waals surface area contributed by atoms with Crippen LogP contribution >= 0.6 is 24.8 Å². The number of nitrogens with two attached hydrogens (primary N) is 1. The normalized spacial score (nSPS) is 11.2. The molecule has 0 bridgehead atoms. The first-order chi connectivity index (χ1) is 4.81. The van der Waals surface area contributed by atoms with Gasteiger partial charge < -0.3 is 20.4 Å². The number of hydrogen-bond donors (Lipinski definition) is 4. The Bertz CT molecular complexity index is 79.7. The second-order valence-electron chi connectivity index (χ2n) is 1.91. The fourth-order valence-corrected chi connectivity index (χ4v) is 0.518. The highest BCUT2D eigenvalue weighted by Crippen LogP contribution is 1.77. The van der Waals surface area contributed by atoms with Crippen LogP contribution in [0.15, 0.2) is 0 Å². The van der Waals surface area contributed by atoms with Crippen LogP contribution in [0, 0.1) is 0 Å². The van der Waals surface area contributed by atoms with Crippen molar-refractivity contribution >= 4 is 24.8 Å². The molecule has 0 saturated carbocycles. The van der Waals surface area contributed by atoms with Gasteiger partial charge in [0, 0.05) is 13.1 Å². The molecule has 0 radical (unpaired) electrons. The lowest BCUT2D eigenvalue weighted by atomic mass is 10.4. The quantitative estimate of drug-likeness (QED) is 0.331. The van der Waals surface area contributed by atoms with Crippen molar-refractivity contribution < 1.29 is 15.1 Å². The lowest BCUT2D eigenvalue weighted by molar-refractivity contribution is 0.0365. The van der Waals surface area contributed by atoms with Crippen molar-refractivity contribution in [3.8, 4) is 0 Å². The third kappa shape index (κ3) is 13.0. The van der Waals surface area contributed by atoms with E-state index in [1.165, 1.54) is 0 Å². The van der Waals surface area contributed by atoms with E-state index in [-0.39, 0.29) is 38.0 Å². The van der Waals surface area contributed by atoms with Crippen molar-refractivity contribution in [1.82, 2.24) is 5.32 Å². The summed E-state index contributed by atoms with van der Waals surface area (Å²) >= 11 is 0. The number of nitrogens with one attached hydrogen (secondary N) is 1. The van der Waals surface area contributed by atoms with E-state index in [4.69, 9.17) is 16.1 Å². The van der Waals surface area contributed by atoms with Gasteiger partial charge in [0.25, 0.3) is 0 Å². The Hall–Kier alpha value is 0.380. The topological polar surface area (TPSA) is 87.7 Å². The van der Waals surface area contributed by atoms with Gasteiger partial charge in [0.1, 0.15) is 0 Å². The Morgan fingerprint density at radius 2 is 2.00 bits per heavy atom. The number of hydrogen-bond acceptors (Lipinski definition) is 5. The van der Waals surface area contributed by atoms with E-state index >= 15 is 0 Å². The molecule has 1 unspecified atom stereocenters. The van der Waals surface area contributed by atoms with E-state index < -0.39 is 6.10 Å². The minimum absolute atomic E-state index is 0. The zero-order chi connectivity index (χ0) is 7.82. The molecule has 5 N–H and O–H groups in total. The highest BCUT2D eigenvalue weighted by Gasteiger charge is 2.00. The summed E-state index contributed by atoms with van der Waals surface area (Å²) < 4.78 is 0. The predicted octanol–water partition coefficient (Wildman–Crippen LogP) is -1.34. The molecule has 78 valence electrons. The summed E-state index contributed by atoms with van der Waals surface area (Å²) in [6.45, 7) is 1.04. The van der Waals surface area contributed by atoms with E-state index in [2.05, 4.69) is 10.2 Å². The Morgan fingerprint density at radius 3 is 2.42 bits per heavy atom. The molecule has 0 rings (SSSR count). The predicted molar refractivity (Wildman–Crippen MR) is 50.6 cm³/mol. The molecule has 0 aromatic heterocycles. The minimum Gasteiger partial charge on any atom is -0.395 e. The number of aliphatic hydroxyl groups excluding tert-OH is 2. The van der Waals surface area contributed by atoms with Gasteiger partial charge >= 0.3 is 0 Å². The Kier molecular flexibility index (Phi) is 21.2. The van der Waals surface area contributed by atoms with Crippen molar-refractivity contribution in [2.24, 2.45) is 5.90 Å². The first kappa shape index (κ1) is 18.2. The van der Waals surface area contributed by atoms with E-state index in [1.807, 2.05) is 0 Å². The summed E-state index contributed by atoms with van der Waals surface area (Å²) in [5.41, 5.74) is 0. The van der Waals surface area contributed by atoms with Crippen molar-refractivity contribution in [2.75, 3.05) is 26.3 Å². The van der Waals surface area contributed by atoms with Crippen LogP contribution < -0.4 is 11.2 Å². The first-order valence-corrected chi connectivity index (χ1v) is 3.12. The fraction of sp³-hybridized carbons (Fsp3) is 1.00. The molecule has 0 aliphatic rings. The molecule has 0 amide bonds. The molecule has 5 nitrogen and oxygen atoms in total. The van der Waals surface area contributed by atoms with Gasteiger partial charge in [0.2, 0.25) is 0 Å². The summed E-state index contributed by atoms with van der Waals surface area (Å²) in [5.74, 6) is 4.70. The van der Waals surface area contributed by atoms with Crippen LogP contribution in [0.2, 0.25) is 0 Å². The summed E-state index contributed by atoms with van der Waals surface area (Å²) in [5, 5.41) is 20.0. The number of halogens is 2. The average molecular weight is 223 g/mol. The zero-order valence-electron chi connectivity index (χ0n) is 6.60. The molecule has 0 aliphatic heterocycles. The smallest absolute Gasteiger partial charge is 0.0951 e. The van der Waals surface area contributed by atoms with Crippen LogP contribution in [0.1, 0.15) is 0 Å². The van der Waals surface area contributed by atoms with E-state index in [0.29, 0.717) is 13.1 Å². The zero-order valence-corrected chi connectivity index (χ0v) is 8.24. The van der Waals surface area contributed by atoms with Gasteiger partial charge in [0.05, 0.1) is 19.3 Å². The van der Waals surface area contributed by atoms with Gasteiger partial charge in [-0.2, -0.15) is 0 Å². The molecule has 0 fully saturated rings. The Morgan fingerprint density at radius 1 is 1.42 bits per heavy atom. The summed E-state index contributed by atoms with van der Waals surface area (Å²) in [4.78, 5) is 4.18. The third-order valence-electron chi connectivity index (χ3n) is 0.957. The second kappa shape index (κ2) is 13.9. The van der Waals surface area contributed by atoms with Crippen LogP contribution in [0.3, 0.4) is 0 Å². The van der Waals surface area contributed by atoms with Crippen LogP contribution in [-0.4, -0.2) is 42.6 Å². The van der Waals surface area contributed by atoms with Crippen molar-refractivity contribution in [1.29, 1.82) is 0 Å². The monoisotopic (exact) mass is 222 g/mol. The molecule has 0 saturated heterocycles. The standard InChI is InChI=1S/C5H14N2O3.2ClH/c6-10-4-5(9)3-7-1-2-8;;/h5,7-9H,1-4,6H2;2*1H. The number of aliphatic hydroxyl groups is 2. The van der Waals surface area contributed by atoms with Crippen LogP contribution in [0.25, 0.3) is 0 Å². The van der Waals surface area contributed by atoms with Crippen molar-refractivity contribution in [3.63, 3.8) is 0 Å². The second-order valence-corrected chi connectivity index (χ2v) is 1.91. The van der Waals surface area contributed by atoms with Crippen molar-refractivity contribution in [3.05, 3.63) is 0 Å². The largest absolute Gasteiger partial charge is 0.395 e. The maximum Gasteiger partial charge on any atom is 0.0951 e. The van der Waals surface area contributed by atoms with Gasteiger partial charge in [-0.1, -0.05) is 0 Å². The molecular formula is C5H16Cl2N2O3. The maximum absolute atomic E-state index is 8.93. The Balaban J connectivity index is -0.000000405. The fourth-order valence-electron chi connectivity index (χ4n) is 0.518. The van der Waals surface area contributed by atoms with Gasteiger partial charge in [-0.15, -0.1) is 24.8 Å². The van der Waals surface area contributed by atoms with Gasteiger partial charge in [0.15, 0.2) is 0 Å². The summed E-state index contributed by atoms with van der Waals surface area (Å²) in [6, 6.07) is 0. The molecule has 0 aromatic rings. The van der Waals surface area contributed by atoms with Crippen LogP contribution in [0.5, 0.6) is 0 Å². The molecule has 0 aromatic carbocycles. The summed E-state index contributed by atoms with van der Waals surface area (Å²) in [6.07, 6.45) is -0.600. The van der Waals surface area contributed by atoms with Gasteiger partial charge in [-0.25, -0.2) is 5.90 Å².